The van der Waals surface area contributed by atoms with Crippen molar-refractivity contribution >= 4 is 17.8 Å². The highest BCUT2D eigenvalue weighted by molar-refractivity contribution is 5.90. The Labute approximate surface area is 246 Å². The van der Waals surface area contributed by atoms with Gasteiger partial charge in [0.2, 0.25) is 5.91 Å². The van der Waals surface area contributed by atoms with Crippen molar-refractivity contribution in [1.82, 2.24) is 10.6 Å². The van der Waals surface area contributed by atoms with E-state index < -0.39 is 78.8 Å². The van der Waals surface area contributed by atoms with E-state index in [0.29, 0.717) is 0 Å². The summed E-state index contributed by atoms with van der Waals surface area (Å²) in [7, 11) is 2.24. The molecular formula is C28H48N2O12. The molecule has 0 unspecified atom stereocenters. The minimum absolute atomic E-state index is 0.00585. The van der Waals surface area contributed by atoms with Gasteiger partial charge in [0.25, 0.3) is 5.91 Å². The first kappa shape index (κ1) is 37.6. The number of carbonyl (C=O) groups is 3. The topological polar surface area (TPSA) is 224 Å². The van der Waals surface area contributed by atoms with E-state index in [1.54, 1.807) is 12.2 Å². The van der Waals surface area contributed by atoms with E-state index in [1.807, 2.05) is 27.7 Å². The third kappa shape index (κ3) is 11.7. The Bertz CT molecular complexity index is 911. The number of rotatable bonds is 16. The molecule has 14 nitrogen and oxygen atoms in total. The normalized spacial score (nSPS) is 24.0. The largest absolute Gasteiger partial charge is 0.458 e. The molecule has 1 heterocycles. The Morgan fingerprint density at radius 3 is 1.71 bits per heavy atom. The molecule has 0 aromatic rings. The highest BCUT2D eigenvalue weighted by Crippen LogP contribution is 2.17. The average Bonchev–Trinajstić information content (AvgIpc) is 3.10. The Balaban J connectivity index is 2.81. The van der Waals surface area contributed by atoms with Crippen LogP contribution in [0, 0.1) is 11.8 Å². The third-order valence-electron chi connectivity index (χ3n) is 6.60. The van der Waals surface area contributed by atoms with Gasteiger partial charge < -0.3 is 55.5 Å². The van der Waals surface area contributed by atoms with Crippen molar-refractivity contribution in [1.29, 1.82) is 0 Å². The third-order valence-corrected chi connectivity index (χ3v) is 6.60. The fraction of sp³-hybridized carbons (Fsp3) is 0.750. The molecule has 1 rings (SSSR count). The van der Waals surface area contributed by atoms with Gasteiger partial charge in [-0.25, -0.2) is 4.79 Å². The molecule has 42 heavy (non-hydrogen) atoms. The molecule has 0 spiro atoms. The van der Waals surface area contributed by atoms with Crippen LogP contribution in [0.2, 0.25) is 0 Å². The van der Waals surface area contributed by atoms with Crippen LogP contribution in [0.3, 0.4) is 0 Å². The summed E-state index contributed by atoms with van der Waals surface area (Å²) in [5, 5.41) is 66.7. The Kier molecular flexibility index (Phi) is 16.4. The van der Waals surface area contributed by atoms with E-state index in [9.17, 15) is 45.0 Å². The molecule has 1 saturated heterocycles. The first-order valence-electron chi connectivity index (χ1n) is 13.9. The molecule has 1 aliphatic heterocycles. The molecule has 14 heteroatoms. The quantitative estimate of drug-likeness (QED) is 0.0702. The number of aliphatic hydroxyl groups is 6. The van der Waals surface area contributed by atoms with Gasteiger partial charge in [-0.05, 0) is 24.7 Å². The van der Waals surface area contributed by atoms with Gasteiger partial charge in [-0.1, -0.05) is 52.0 Å². The van der Waals surface area contributed by atoms with Crippen molar-refractivity contribution < 1.29 is 59.2 Å². The fourth-order valence-corrected chi connectivity index (χ4v) is 4.09. The van der Waals surface area contributed by atoms with Gasteiger partial charge in [0.1, 0.15) is 48.8 Å². The summed E-state index contributed by atoms with van der Waals surface area (Å²) in [6, 6.07) is -1.11. The number of hydrogen-bond acceptors (Lipinski definition) is 12. The van der Waals surface area contributed by atoms with Crippen molar-refractivity contribution in [2.24, 2.45) is 11.8 Å². The van der Waals surface area contributed by atoms with Gasteiger partial charge in [0.15, 0.2) is 12.2 Å². The molecular weight excluding hydrogens is 556 g/mol. The van der Waals surface area contributed by atoms with Crippen LogP contribution in [0.4, 0.5) is 0 Å². The summed E-state index contributed by atoms with van der Waals surface area (Å²) in [5.74, 6) is -2.41. The van der Waals surface area contributed by atoms with Gasteiger partial charge in [-0.15, -0.1) is 0 Å². The molecule has 10 atom stereocenters. The van der Waals surface area contributed by atoms with Crippen LogP contribution in [-0.4, -0.2) is 130 Å². The first-order valence-corrected chi connectivity index (χ1v) is 13.9. The number of esters is 1. The number of aliphatic hydroxyl groups excluding tert-OH is 6. The van der Waals surface area contributed by atoms with Crippen molar-refractivity contribution in [3.8, 4) is 0 Å². The summed E-state index contributed by atoms with van der Waals surface area (Å²) in [6.45, 7) is 7.28. The zero-order valence-corrected chi connectivity index (χ0v) is 25.0. The SMILES string of the molecule is CO[C@@H](C(=O)N[C@H]1CC[C@H](OC(=O)[C@H](OC)[C@H](O)[C@@H](O)[C@H](O)/C=C/C(C)C)CNC1=O)[C@H](O)[C@@H](O)[C@H](O)/C=C/C(C)C. The lowest BCUT2D eigenvalue weighted by molar-refractivity contribution is -0.176. The van der Waals surface area contributed by atoms with Gasteiger partial charge in [0.05, 0.1) is 6.54 Å². The van der Waals surface area contributed by atoms with Gasteiger partial charge in [-0.3, -0.25) is 9.59 Å². The number of ether oxygens (including phenoxy) is 3. The van der Waals surface area contributed by atoms with Crippen LogP contribution in [0.1, 0.15) is 40.5 Å². The van der Waals surface area contributed by atoms with Gasteiger partial charge in [-0.2, -0.15) is 0 Å². The molecule has 0 bridgehead atoms. The van der Waals surface area contributed by atoms with Crippen LogP contribution in [-0.2, 0) is 28.6 Å². The Morgan fingerprint density at radius 2 is 1.26 bits per heavy atom. The summed E-state index contributed by atoms with van der Waals surface area (Å²) < 4.78 is 15.4. The lowest BCUT2D eigenvalue weighted by Crippen LogP contribution is -2.55. The molecule has 1 fully saturated rings. The Hall–Kier alpha value is -2.43. The number of nitrogens with one attached hydrogen (secondary N) is 2. The van der Waals surface area contributed by atoms with Crippen molar-refractivity contribution in [3.05, 3.63) is 24.3 Å². The maximum Gasteiger partial charge on any atom is 0.338 e. The molecule has 0 saturated carbocycles. The summed E-state index contributed by atoms with van der Waals surface area (Å²) in [5.41, 5.74) is 0. The maximum atomic E-state index is 12.8. The second kappa shape index (κ2) is 18.3. The van der Waals surface area contributed by atoms with Crippen molar-refractivity contribution in [2.45, 2.75) is 102 Å². The van der Waals surface area contributed by atoms with Gasteiger partial charge in [0, 0.05) is 14.2 Å². The second-order valence-electron chi connectivity index (χ2n) is 11.0. The highest BCUT2D eigenvalue weighted by Gasteiger charge is 2.39. The van der Waals surface area contributed by atoms with Crippen LogP contribution in [0.15, 0.2) is 24.3 Å². The lowest BCUT2D eigenvalue weighted by atomic mass is 10.00. The highest BCUT2D eigenvalue weighted by atomic mass is 16.6. The standard InChI is InChI=1S/C28H48N2O12/c1-14(2)7-11-18(31)20(33)22(35)24(40-5)27(38)30-17-10-9-16(13-29-26(17)37)42-28(39)25(41-6)23(36)21(34)19(32)12-8-15(3)4/h7-8,11-12,14-25,31-36H,9-10,13H2,1-6H3,(H,29,37)(H,30,38)/b11-7+,12-8+/t16-,17-,18+,19+,20-,21-,22+,23+,24+,25+/m0/s1. The van der Waals surface area contributed by atoms with Crippen LogP contribution >= 0.6 is 0 Å². The monoisotopic (exact) mass is 604 g/mol. The molecule has 242 valence electrons. The fourth-order valence-electron chi connectivity index (χ4n) is 4.09. The molecule has 0 aromatic carbocycles. The van der Waals surface area contributed by atoms with Crippen LogP contribution in [0.25, 0.3) is 0 Å². The van der Waals surface area contributed by atoms with Gasteiger partial charge >= 0.3 is 5.97 Å². The predicted molar refractivity (Wildman–Crippen MR) is 150 cm³/mol. The number of amides is 2. The predicted octanol–water partition coefficient (Wildman–Crippen LogP) is -2.09. The van der Waals surface area contributed by atoms with Crippen LogP contribution in [0.5, 0.6) is 0 Å². The van der Waals surface area contributed by atoms with E-state index >= 15 is 0 Å². The van der Waals surface area contributed by atoms with Crippen molar-refractivity contribution in [3.63, 3.8) is 0 Å². The summed E-state index contributed by atoms with van der Waals surface area (Å²) >= 11 is 0. The van der Waals surface area contributed by atoms with E-state index in [1.165, 1.54) is 12.2 Å². The molecule has 0 aromatic heterocycles. The zero-order chi connectivity index (χ0) is 32.1. The van der Waals surface area contributed by atoms with Crippen LogP contribution < -0.4 is 10.6 Å². The average molecular weight is 605 g/mol. The number of allylic oxidation sites excluding steroid dienone is 2. The van der Waals surface area contributed by atoms with E-state index in [4.69, 9.17) is 14.2 Å². The maximum absolute atomic E-state index is 12.8. The van der Waals surface area contributed by atoms with E-state index in [-0.39, 0.29) is 31.2 Å². The molecule has 0 radical (unpaired) electrons. The van der Waals surface area contributed by atoms with E-state index in [0.717, 1.165) is 14.2 Å². The number of hydrogen-bond donors (Lipinski definition) is 8. The van der Waals surface area contributed by atoms with Crippen molar-refractivity contribution in [2.75, 3.05) is 20.8 Å². The minimum atomic E-state index is -1.83. The lowest BCUT2D eigenvalue weighted by Gasteiger charge is -2.28. The first-order chi connectivity index (χ1) is 19.6. The molecule has 2 amide bonds. The number of carbonyl (C=O) groups excluding carboxylic acids is 3. The molecule has 1 aliphatic rings. The minimum Gasteiger partial charge on any atom is -0.458 e. The summed E-state index contributed by atoms with van der Waals surface area (Å²) in [6.07, 6.45) is -8.31. The summed E-state index contributed by atoms with van der Waals surface area (Å²) in [4.78, 5) is 38.2. The second-order valence-corrected chi connectivity index (χ2v) is 11.0. The van der Waals surface area contributed by atoms with E-state index in [2.05, 4.69) is 10.6 Å². The Morgan fingerprint density at radius 1 is 0.786 bits per heavy atom. The molecule has 8 N–H and O–H groups in total. The molecule has 0 aliphatic carbocycles. The number of methoxy groups -OCH3 is 2. The zero-order valence-electron chi connectivity index (χ0n) is 25.0. The smallest absolute Gasteiger partial charge is 0.338 e.